The van der Waals surface area contributed by atoms with Gasteiger partial charge in [-0.3, -0.25) is 19.3 Å². The summed E-state index contributed by atoms with van der Waals surface area (Å²) in [7, 11) is 0. The van der Waals surface area contributed by atoms with Crippen LogP contribution in [0.1, 0.15) is 24.5 Å². The van der Waals surface area contributed by atoms with Crippen LogP contribution in [0, 0.1) is 0 Å². The Hall–Kier alpha value is -2.90. The molecule has 0 radical (unpaired) electrons. The summed E-state index contributed by atoms with van der Waals surface area (Å²) in [6.45, 7) is 1.63. The van der Waals surface area contributed by atoms with Crippen LogP contribution in [0.5, 0.6) is 0 Å². The van der Waals surface area contributed by atoms with Crippen LogP contribution in [0.2, 0.25) is 0 Å². The number of urea groups is 1. The third-order valence-electron chi connectivity index (χ3n) is 4.54. The van der Waals surface area contributed by atoms with Gasteiger partial charge in [-0.1, -0.05) is 24.3 Å². The van der Waals surface area contributed by atoms with E-state index in [0.29, 0.717) is 19.4 Å². The topological polar surface area (TPSA) is 108 Å². The Labute approximate surface area is 144 Å². The number of nitrogens with one attached hydrogen (secondary N) is 3. The van der Waals surface area contributed by atoms with Crippen LogP contribution in [-0.4, -0.2) is 48.3 Å². The van der Waals surface area contributed by atoms with Crippen molar-refractivity contribution in [2.75, 3.05) is 19.6 Å². The van der Waals surface area contributed by atoms with E-state index in [1.165, 1.54) is 0 Å². The first-order valence-corrected chi connectivity index (χ1v) is 8.24. The van der Waals surface area contributed by atoms with Gasteiger partial charge in [0.05, 0.1) is 6.54 Å². The minimum Gasteiger partial charge on any atom is -0.355 e. The van der Waals surface area contributed by atoms with E-state index in [9.17, 15) is 19.2 Å². The number of amides is 5. The van der Waals surface area contributed by atoms with E-state index in [0.717, 1.165) is 16.0 Å². The van der Waals surface area contributed by atoms with Gasteiger partial charge in [0.1, 0.15) is 12.1 Å². The fraction of sp³-hybridized carbons (Fsp3) is 0.412. The quantitative estimate of drug-likeness (QED) is 0.634. The van der Waals surface area contributed by atoms with Crippen LogP contribution >= 0.6 is 0 Å². The molecule has 1 aliphatic heterocycles. The summed E-state index contributed by atoms with van der Waals surface area (Å²) in [5.41, 5.74) is 0.741. The van der Waals surface area contributed by atoms with E-state index in [4.69, 9.17) is 0 Å². The molecule has 1 atom stereocenters. The molecular formula is C17H20N4O4. The second kappa shape index (κ2) is 6.54. The Morgan fingerprint density at radius 2 is 1.96 bits per heavy atom. The predicted molar refractivity (Wildman–Crippen MR) is 88.4 cm³/mol. The Balaban J connectivity index is 1.69. The third kappa shape index (κ3) is 2.95. The third-order valence-corrected chi connectivity index (χ3v) is 4.54. The number of carbonyl (C=O) groups is 4. The lowest BCUT2D eigenvalue weighted by atomic mass is 9.92. The molecule has 0 bridgehead atoms. The summed E-state index contributed by atoms with van der Waals surface area (Å²) in [6, 6.07) is 6.90. The van der Waals surface area contributed by atoms with Gasteiger partial charge < -0.3 is 16.0 Å². The molecule has 0 saturated carbocycles. The molecule has 132 valence electrons. The lowest BCUT2D eigenvalue weighted by molar-refractivity contribution is -0.135. The number of likely N-dealkylation sites (N-methyl/N-ethyl adjacent to an activating group) is 1. The minimum absolute atomic E-state index is 0.190. The van der Waals surface area contributed by atoms with Crippen molar-refractivity contribution in [3.05, 3.63) is 35.4 Å². The van der Waals surface area contributed by atoms with E-state index >= 15 is 0 Å². The number of hydrogen-bond donors (Lipinski definition) is 3. The average Bonchev–Trinajstić information content (AvgIpc) is 3.07. The maximum atomic E-state index is 12.9. The maximum absolute atomic E-state index is 12.9. The van der Waals surface area contributed by atoms with Crippen LogP contribution in [0.4, 0.5) is 4.79 Å². The number of nitrogens with zero attached hydrogens (tertiary/aromatic N) is 1. The fourth-order valence-corrected chi connectivity index (χ4v) is 3.37. The number of rotatable bonds is 5. The molecular weight excluding hydrogens is 324 g/mol. The lowest BCUT2D eigenvalue weighted by Gasteiger charge is -2.22. The SMILES string of the molecule is CCNC(=O)CNC(=O)CN1C(=O)N[C@]2(CCc3ccccc32)C1=O. The largest absolute Gasteiger partial charge is 0.355 e. The Morgan fingerprint density at radius 1 is 1.20 bits per heavy atom. The van der Waals surface area contributed by atoms with Crippen molar-refractivity contribution in [1.29, 1.82) is 0 Å². The molecule has 1 aliphatic carbocycles. The van der Waals surface area contributed by atoms with Crippen LogP contribution in [-0.2, 0) is 26.3 Å². The molecule has 0 unspecified atom stereocenters. The molecule has 3 N–H and O–H groups in total. The molecule has 2 aliphatic rings. The maximum Gasteiger partial charge on any atom is 0.325 e. The predicted octanol–water partition coefficient (Wildman–Crippen LogP) is -0.368. The zero-order chi connectivity index (χ0) is 18.0. The van der Waals surface area contributed by atoms with Gasteiger partial charge in [0.2, 0.25) is 11.8 Å². The fourth-order valence-electron chi connectivity index (χ4n) is 3.37. The van der Waals surface area contributed by atoms with Gasteiger partial charge in [0, 0.05) is 6.54 Å². The van der Waals surface area contributed by atoms with E-state index in [1.54, 1.807) is 6.92 Å². The zero-order valence-corrected chi connectivity index (χ0v) is 13.9. The Kier molecular flexibility index (Phi) is 4.43. The van der Waals surface area contributed by atoms with E-state index in [1.807, 2.05) is 24.3 Å². The number of imide groups is 1. The van der Waals surface area contributed by atoms with Crippen molar-refractivity contribution in [1.82, 2.24) is 20.9 Å². The van der Waals surface area contributed by atoms with Gasteiger partial charge in [0.25, 0.3) is 5.91 Å². The standard InChI is InChI=1S/C17H20N4O4/c1-2-18-13(22)9-19-14(23)10-21-15(24)17(20-16(21)25)8-7-11-5-3-4-6-12(11)17/h3-6H,2,7-10H2,1H3,(H,18,22)(H,19,23)(H,20,25)/t17-/m0/s1. The monoisotopic (exact) mass is 344 g/mol. The van der Waals surface area contributed by atoms with Gasteiger partial charge in [-0.15, -0.1) is 0 Å². The number of benzene rings is 1. The summed E-state index contributed by atoms with van der Waals surface area (Å²) in [5.74, 6) is -1.30. The first kappa shape index (κ1) is 16.9. The normalized spacial score (nSPS) is 21.2. The van der Waals surface area contributed by atoms with E-state index in [2.05, 4.69) is 16.0 Å². The molecule has 3 rings (SSSR count). The zero-order valence-electron chi connectivity index (χ0n) is 13.9. The second-order valence-electron chi connectivity index (χ2n) is 6.11. The average molecular weight is 344 g/mol. The van der Waals surface area contributed by atoms with Crippen molar-refractivity contribution in [2.24, 2.45) is 0 Å². The van der Waals surface area contributed by atoms with E-state index in [-0.39, 0.29) is 12.5 Å². The molecule has 1 spiro atoms. The second-order valence-corrected chi connectivity index (χ2v) is 6.11. The molecule has 1 saturated heterocycles. The van der Waals surface area contributed by atoms with Crippen molar-refractivity contribution in [3.63, 3.8) is 0 Å². The first-order chi connectivity index (χ1) is 12.0. The highest BCUT2D eigenvalue weighted by molar-refractivity contribution is 6.10. The highest BCUT2D eigenvalue weighted by Gasteiger charge is 2.55. The smallest absolute Gasteiger partial charge is 0.325 e. The Bertz CT molecular complexity index is 748. The molecule has 25 heavy (non-hydrogen) atoms. The first-order valence-electron chi connectivity index (χ1n) is 8.24. The summed E-state index contributed by atoms with van der Waals surface area (Å²) in [6.07, 6.45) is 1.17. The van der Waals surface area contributed by atoms with Crippen molar-refractivity contribution >= 4 is 23.8 Å². The van der Waals surface area contributed by atoms with E-state index < -0.39 is 29.9 Å². The summed E-state index contributed by atoms with van der Waals surface area (Å²) >= 11 is 0. The van der Waals surface area contributed by atoms with Crippen LogP contribution in [0.3, 0.4) is 0 Å². The molecule has 1 fully saturated rings. The molecule has 8 heteroatoms. The van der Waals surface area contributed by atoms with Crippen LogP contribution in [0.15, 0.2) is 24.3 Å². The molecule has 0 aromatic heterocycles. The minimum atomic E-state index is -1.08. The highest BCUT2D eigenvalue weighted by Crippen LogP contribution is 2.41. The molecule has 5 amide bonds. The number of fused-ring (bicyclic) bond motifs is 2. The lowest BCUT2D eigenvalue weighted by Crippen LogP contribution is -2.45. The van der Waals surface area contributed by atoms with Crippen molar-refractivity contribution < 1.29 is 19.2 Å². The summed E-state index contributed by atoms with van der Waals surface area (Å²) in [4.78, 5) is 49.4. The van der Waals surface area contributed by atoms with Gasteiger partial charge in [0.15, 0.2) is 0 Å². The van der Waals surface area contributed by atoms with Crippen LogP contribution in [0.25, 0.3) is 0 Å². The van der Waals surface area contributed by atoms with Crippen molar-refractivity contribution in [2.45, 2.75) is 25.3 Å². The molecule has 8 nitrogen and oxygen atoms in total. The summed E-state index contributed by atoms with van der Waals surface area (Å²) in [5, 5.41) is 7.71. The molecule has 1 aromatic carbocycles. The van der Waals surface area contributed by atoms with Gasteiger partial charge in [-0.25, -0.2) is 4.79 Å². The van der Waals surface area contributed by atoms with Gasteiger partial charge >= 0.3 is 6.03 Å². The molecule has 1 heterocycles. The summed E-state index contributed by atoms with van der Waals surface area (Å²) < 4.78 is 0. The van der Waals surface area contributed by atoms with Gasteiger partial charge in [-0.2, -0.15) is 0 Å². The van der Waals surface area contributed by atoms with Crippen LogP contribution < -0.4 is 16.0 Å². The van der Waals surface area contributed by atoms with Gasteiger partial charge in [-0.05, 0) is 30.9 Å². The van der Waals surface area contributed by atoms with Crippen molar-refractivity contribution in [3.8, 4) is 0 Å². The molecule has 1 aromatic rings. The highest BCUT2D eigenvalue weighted by atomic mass is 16.2. The Morgan fingerprint density at radius 3 is 2.72 bits per heavy atom. The number of carbonyl (C=O) groups excluding carboxylic acids is 4. The number of aryl methyl sites for hydroxylation is 1. The number of hydrogen-bond acceptors (Lipinski definition) is 4.